The number of carbonyl (C=O) groups is 3. The maximum atomic E-state index is 10.1. The summed E-state index contributed by atoms with van der Waals surface area (Å²) >= 11 is 0. The van der Waals surface area contributed by atoms with Crippen LogP contribution < -0.4 is 0 Å². The molecule has 0 spiro atoms. The molecule has 0 saturated heterocycles. The number of Topliss-reactive ketones (excluding diaryl/α,β-unsaturated/α-hetero) is 2. The van der Waals surface area contributed by atoms with Gasteiger partial charge in [0.2, 0.25) is 5.78 Å². The minimum absolute atomic E-state index is 0. The van der Waals surface area contributed by atoms with Crippen LogP contribution in [0.15, 0.2) is 0 Å². The molecule has 0 radical (unpaired) electrons. The van der Waals surface area contributed by atoms with E-state index in [2.05, 4.69) is 0 Å². The molecule has 0 bridgehead atoms. The Bertz CT molecular complexity index is 171. The molecule has 5 heteroatoms. The molecule has 0 saturated carbocycles. The molecule has 0 aromatic heterocycles. The first-order chi connectivity index (χ1) is 4.04. The van der Waals surface area contributed by atoms with Crippen LogP contribution in [0.4, 0.5) is 0 Å². The van der Waals surface area contributed by atoms with Gasteiger partial charge in [0.15, 0.2) is 0 Å². The number of aliphatic carboxylic acids is 1. The molecular formula is C5H8BaO4. The molecule has 0 aromatic rings. The Hall–Kier alpha value is 0.381. The summed E-state index contributed by atoms with van der Waals surface area (Å²) in [7, 11) is 0. The van der Waals surface area contributed by atoms with Crippen LogP contribution in [0.1, 0.15) is 16.2 Å². The molecule has 0 amide bonds. The quantitative estimate of drug-likeness (QED) is 0.424. The van der Waals surface area contributed by atoms with E-state index in [1.54, 1.807) is 0 Å². The van der Waals surface area contributed by atoms with Gasteiger partial charge in [0, 0.05) is 0 Å². The van der Waals surface area contributed by atoms with E-state index in [1.165, 1.54) is 6.92 Å². The maximum Gasteiger partial charge on any atom is 2.00 e. The first kappa shape index (κ1) is 13.0. The zero-order valence-corrected chi connectivity index (χ0v) is 10.0. The van der Waals surface area contributed by atoms with Crippen molar-refractivity contribution in [3.63, 3.8) is 0 Å². The second-order valence-electron chi connectivity index (χ2n) is 1.61. The molecule has 0 unspecified atom stereocenters. The number of carbonyl (C=O) groups excluding carboxylic acids is 2. The van der Waals surface area contributed by atoms with E-state index in [9.17, 15) is 14.4 Å². The summed E-state index contributed by atoms with van der Waals surface area (Å²) in [5.74, 6) is -3.03. The topological polar surface area (TPSA) is 71.4 Å². The Labute approximate surface area is 101 Å². The third-order valence-corrected chi connectivity index (χ3v) is 0.648. The summed E-state index contributed by atoms with van der Waals surface area (Å²) in [4.78, 5) is 29.9. The van der Waals surface area contributed by atoms with Crippen molar-refractivity contribution in [2.45, 2.75) is 13.3 Å². The summed E-state index contributed by atoms with van der Waals surface area (Å²) in [6.45, 7) is 1.17. The first-order valence-corrected chi connectivity index (χ1v) is 2.29. The Morgan fingerprint density at radius 2 is 1.80 bits per heavy atom. The molecule has 0 fully saturated rings. The summed E-state index contributed by atoms with van der Waals surface area (Å²) in [5.41, 5.74) is 0. The summed E-state index contributed by atoms with van der Waals surface area (Å²) < 4.78 is 0. The largest absolute Gasteiger partial charge is 2.00 e. The number of rotatable bonds is 3. The zero-order chi connectivity index (χ0) is 7.44. The van der Waals surface area contributed by atoms with Crippen LogP contribution >= 0.6 is 0 Å². The van der Waals surface area contributed by atoms with E-state index >= 15 is 0 Å². The average molecular weight is 269 g/mol. The van der Waals surface area contributed by atoms with Gasteiger partial charge >= 0.3 is 54.9 Å². The maximum absolute atomic E-state index is 10.1. The molecule has 4 nitrogen and oxygen atoms in total. The molecule has 0 atom stereocenters. The molecule has 1 N–H and O–H groups in total. The summed E-state index contributed by atoms with van der Waals surface area (Å²) in [6, 6.07) is 0. The van der Waals surface area contributed by atoms with E-state index in [-0.39, 0.29) is 51.7 Å². The fourth-order valence-electron chi connectivity index (χ4n) is 0.302. The zero-order valence-electron chi connectivity index (χ0n) is 7.59. The minimum Gasteiger partial charge on any atom is -1.00 e. The third kappa shape index (κ3) is 6.50. The van der Waals surface area contributed by atoms with Crippen molar-refractivity contribution in [1.29, 1.82) is 0 Å². The molecule has 10 heavy (non-hydrogen) atoms. The Kier molecular flexibility index (Phi) is 7.95. The third-order valence-electron chi connectivity index (χ3n) is 0.648. The summed E-state index contributed by atoms with van der Waals surface area (Å²) in [5, 5.41) is 7.93. The van der Waals surface area contributed by atoms with Gasteiger partial charge in [0.05, 0.1) is 6.42 Å². The van der Waals surface area contributed by atoms with Crippen LogP contribution in [0, 0.1) is 0 Å². The van der Waals surface area contributed by atoms with E-state index in [0.717, 1.165) is 0 Å². The molecule has 54 valence electrons. The first-order valence-electron chi connectivity index (χ1n) is 2.29. The van der Waals surface area contributed by atoms with Crippen molar-refractivity contribution >= 4 is 66.4 Å². The number of carboxylic acid groups (broad SMARTS) is 1. The van der Waals surface area contributed by atoms with Gasteiger partial charge in [0.1, 0.15) is 5.78 Å². The van der Waals surface area contributed by atoms with Crippen LogP contribution in [0.25, 0.3) is 0 Å². The SMILES string of the molecule is CC(=O)CC(=O)C(=O)O.[Ba+2].[H-].[H-]. The van der Waals surface area contributed by atoms with Crippen molar-refractivity contribution in [3.8, 4) is 0 Å². The average Bonchev–Trinajstić information content (AvgIpc) is 1.63. The van der Waals surface area contributed by atoms with Gasteiger partial charge in [-0.1, -0.05) is 0 Å². The van der Waals surface area contributed by atoms with Gasteiger partial charge in [0.25, 0.3) is 0 Å². The van der Waals surface area contributed by atoms with Gasteiger partial charge in [-0.2, -0.15) is 0 Å². The molecule has 0 heterocycles. The monoisotopic (exact) mass is 270 g/mol. The van der Waals surface area contributed by atoms with Crippen molar-refractivity contribution in [2.75, 3.05) is 0 Å². The predicted octanol–water partition coefficient (Wildman–Crippen LogP) is -0.537. The van der Waals surface area contributed by atoms with Gasteiger partial charge in [-0.05, 0) is 6.92 Å². The van der Waals surface area contributed by atoms with E-state index in [0.29, 0.717) is 0 Å². The van der Waals surface area contributed by atoms with Crippen molar-refractivity contribution in [1.82, 2.24) is 0 Å². The molecule has 0 aromatic carbocycles. The van der Waals surface area contributed by atoms with Crippen LogP contribution in [0.5, 0.6) is 0 Å². The molecular weight excluding hydrogens is 261 g/mol. The van der Waals surface area contributed by atoms with E-state index in [4.69, 9.17) is 5.11 Å². The molecule has 0 aliphatic heterocycles. The fourth-order valence-corrected chi connectivity index (χ4v) is 0.302. The van der Waals surface area contributed by atoms with E-state index < -0.39 is 24.0 Å². The molecule has 0 aliphatic carbocycles. The Balaban J connectivity index is -0.000000107. The molecule has 0 rings (SSSR count). The van der Waals surface area contributed by atoms with Crippen LogP contribution in [-0.4, -0.2) is 71.5 Å². The predicted molar refractivity (Wildman–Crippen MR) is 35.9 cm³/mol. The fraction of sp³-hybridized carbons (Fsp3) is 0.400. The molecule has 0 aliphatic rings. The van der Waals surface area contributed by atoms with Gasteiger partial charge in [-0.3, -0.25) is 9.59 Å². The number of carboxylic acids is 1. The van der Waals surface area contributed by atoms with Crippen molar-refractivity contribution in [3.05, 3.63) is 0 Å². The van der Waals surface area contributed by atoms with E-state index in [1.807, 2.05) is 0 Å². The Morgan fingerprint density at radius 3 is 1.90 bits per heavy atom. The number of hydrogen-bond donors (Lipinski definition) is 1. The number of ketones is 2. The normalized spacial score (nSPS) is 7.70. The van der Waals surface area contributed by atoms with Gasteiger partial charge in [-0.15, -0.1) is 0 Å². The van der Waals surface area contributed by atoms with Crippen molar-refractivity contribution < 1.29 is 22.3 Å². The summed E-state index contributed by atoms with van der Waals surface area (Å²) in [6.07, 6.45) is -0.505. The van der Waals surface area contributed by atoms with Gasteiger partial charge < -0.3 is 7.96 Å². The number of hydrogen-bond acceptors (Lipinski definition) is 3. The van der Waals surface area contributed by atoms with Gasteiger partial charge in [-0.25, -0.2) is 4.79 Å². The van der Waals surface area contributed by atoms with Crippen LogP contribution in [0.2, 0.25) is 0 Å². The minimum atomic E-state index is -1.55. The second-order valence-corrected chi connectivity index (χ2v) is 1.61. The van der Waals surface area contributed by atoms with Crippen LogP contribution in [-0.2, 0) is 14.4 Å². The standard InChI is InChI=1S/C5H6O4.Ba.2H/c1-3(6)2-4(7)5(8)9;;;/h2H2,1H3,(H,8,9);;;/q;+2;2*-1. The smallest absolute Gasteiger partial charge is 1.00 e. The van der Waals surface area contributed by atoms with Crippen molar-refractivity contribution in [2.24, 2.45) is 0 Å². The second kappa shape index (κ2) is 6.11. The Morgan fingerprint density at radius 1 is 1.40 bits per heavy atom. The van der Waals surface area contributed by atoms with Crippen LogP contribution in [0.3, 0.4) is 0 Å².